The zero-order valence-corrected chi connectivity index (χ0v) is 11.0. The van der Waals surface area contributed by atoms with Crippen molar-refractivity contribution in [2.45, 2.75) is 38.6 Å². The van der Waals surface area contributed by atoms with E-state index in [1.165, 1.54) is 58.5 Å². The van der Waals surface area contributed by atoms with Crippen LogP contribution in [0.25, 0.3) is 0 Å². The lowest BCUT2D eigenvalue weighted by atomic mass is 9.54. The number of hydrogen-bond donors (Lipinski definition) is 1. The number of rotatable bonds is 1. The summed E-state index contributed by atoms with van der Waals surface area (Å²) in [6.45, 7) is 8.67. The van der Waals surface area contributed by atoms with E-state index in [0.717, 1.165) is 5.92 Å². The molecule has 3 atom stereocenters. The molecule has 5 rings (SSSR count). The molecule has 3 heteroatoms. The van der Waals surface area contributed by atoms with Gasteiger partial charge >= 0.3 is 0 Å². The minimum absolute atomic E-state index is 0.358. The highest BCUT2D eigenvalue weighted by Crippen LogP contribution is 2.54. The highest BCUT2D eigenvalue weighted by Gasteiger charge is 2.62. The molecule has 3 unspecified atom stereocenters. The van der Waals surface area contributed by atoms with E-state index >= 15 is 0 Å². The van der Waals surface area contributed by atoms with E-state index in [9.17, 15) is 0 Å². The second kappa shape index (κ2) is 3.25. The minimum Gasteiger partial charge on any atom is -0.327 e. The Morgan fingerprint density at radius 3 is 2.18 bits per heavy atom. The Bertz CT molecular complexity index is 320. The molecule has 4 saturated heterocycles. The van der Waals surface area contributed by atoms with Crippen molar-refractivity contribution < 1.29 is 0 Å². The van der Waals surface area contributed by atoms with Crippen molar-refractivity contribution in [2.24, 2.45) is 22.5 Å². The SMILES string of the molecule is CC12CN3CN(C1)CC(C1CCCC1)(C3)C2N. The predicted octanol–water partition coefficient (Wildman–Crippen LogP) is 1.10. The summed E-state index contributed by atoms with van der Waals surface area (Å²) in [4.78, 5) is 5.35. The number of hydrogen-bond acceptors (Lipinski definition) is 3. The summed E-state index contributed by atoms with van der Waals surface area (Å²) in [5.74, 6) is 0.905. The Kier molecular flexibility index (Phi) is 2.06. The molecule has 0 amide bonds. The monoisotopic (exact) mass is 235 g/mol. The van der Waals surface area contributed by atoms with Gasteiger partial charge in [-0.1, -0.05) is 19.8 Å². The first-order chi connectivity index (χ1) is 8.12. The van der Waals surface area contributed by atoms with Crippen LogP contribution in [0.3, 0.4) is 0 Å². The molecular weight excluding hydrogens is 210 g/mol. The van der Waals surface area contributed by atoms with Gasteiger partial charge in [-0.3, -0.25) is 9.80 Å². The summed E-state index contributed by atoms with van der Waals surface area (Å²) in [6, 6.07) is 0.436. The Morgan fingerprint density at radius 1 is 1.00 bits per heavy atom. The molecular formula is C14H25N3. The van der Waals surface area contributed by atoms with Gasteiger partial charge in [0.1, 0.15) is 0 Å². The molecule has 0 aromatic carbocycles. The van der Waals surface area contributed by atoms with Crippen LogP contribution in [0.1, 0.15) is 32.6 Å². The summed E-state index contributed by atoms with van der Waals surface area (Å²) in [6.07, 6.45) is 5.75. The standard InChI is InChI=1S/C14H25N3/c1-13-6-16-8-14(12(13)15,9-17(7-13)10-16)11-4-2-3-5-11/h11-12H,2-10,15H2,1H3. The van der Waals surface area contributed by atoms with Crippen LogP contribution in [-0.2, 0) is 0 Å². The van der Waals surface area contributed by atoms with E-state index < -0.39 is 0 Å². The van der Waals surface area contributed by atoms with Crippen LogP contribution in [0.15, 0.2) is 0 Å². The summed E-state index contributed by atoms with van der Waals surface area (Å²) < 4.78 is 0. The van der Waals surface area contributed by atoms with Crippen LogP contribution in [0.5, 0.6) is 0 Å². The van der Waals surface area contributed by atoms with Crippen LogP contribution in [-0.4, -0.2) is 48.7 Å². The van der Waals surface area contributed by atoms with Gasteiger partial charge in [0.15, 0.2) is 0 Å². The topological polar surface area (TPSA) is 32.5 Å². The maximum Gasteiger partial charge on any atom is 0.0507 e. The molecule has 5 aliphatic rings. The lowest BCUT2D eigenvalue weighted by molar-refractivity contribution is -0.191. The van der Waals surface area contributed by atoms with Crippen LogP contribution in [0, 0.1) is 16.7 Å². The second-order valence-corrected chi connectivity index (χ2v) is 7.46. The fourth-order valence-electron chi connectivity index (χ4n) is 5.65. The van der Waals surface area contributed by atoms with Gasteiger partial charge in [-0.2, -0.15) is 0 Å². The van der Waals surface area contributed by atoms with E-state index in [1.807, 2.05) is 0 Å². The maximum absolute atomic E-state index is 6.76. The van der Waals surface area contributed by atoms with Gasteiger partial charge in [-0.15, -0.1) is 0 Å². The molecule has 0 aromatic rings. The van der Waals surface area contributed by atoms with Crippen molar-refractivity contribution >= 4 is 0 Å². The van der Waals surface area contributed by atoms with Crippen molar-refractivity contribution in [2.75, 3.05) is 32.8 Å². The average molecular weight is 235 g/mol. The second-order valence-electron chi connectivity index (χ2n) is 7.46. The van der Waals surface area contributed by atoms with Crippen molar-refractivity contribution in [3.63, 3.8) is 0 Å². The average Bonchev–Trinajstić information content (AvgIpc) is 2.78. The van der Waals surface area contributed by atoms with Crippen LogP contribution in [0.4, 0.5) is 0 Å². The number of piperidine rings is 2. The molecule has 2 N–H and O–H groups in total. The highest BCUT2D eigenvalue weighted by atomic mass is 15.4. The maximum atomic E-state index is 6.76. The van der Waals surface area contributed by atoms with Crippen molar-refractivity contribution in [3.05, 3.63) is 0 Å². The van der Waals surface area contributed by atoms with Crippen LogP contribution in [0.2, 0.25) is 0 Å². The number of nitrogens with two attached hydrogens (primary N) is 1. The summed E-state index contributed by atoms with van der Waals surface area (Å²) in [5.41, 5.74) is 7.55. The first-order valence-electron chi connectivity index (χ1n) is 7.33. The van der Waals surface area contributed by atoms with Gasteiger partial charge in [-0.05, 0) is 18.8 Å². The highest BCUT2D eigenvalue weighted by molar-refractivity contribution is 5.16. The first kappa shape index (κ1) is 10.8. The zero-order chi connectivity index (χ0) is 11.7. The molecule has 1 saturated carbocycles. The Labute approximate surface area is 104 Å². The summed E-state index contributed by atoms with van der Waals surface area (Å²) >= 11 is 0. The first-order valence-corrected chi connectivity index (χ1v) is 7.33. The summed E-state index contributed by atoms with van der Waals surface area (Å²) in [7, 11) is 0. The Balaban J connectivity index is 1.74. The van der Waals surface area contributed by atoms with Crippen molar-refractivity contribution in [1.29, 1.82) is 0 Å². The van der Waals surface area contributed by atoms with Gasteiger partial charge in [-0.25, -0.2) is 0 Å². The van der Waals surface area contributed by atoms with E-state index in [-0.39, 0.29) is 0 Å². The van der Waals surface area contributed by atoms with Gasteiger partial charge in [0.25, 0.3) is 0 Å². The van der Waals surface area contributed by atoms with E-state index in [4.69, 9.17) is 5.73 Å². The molecule has 1 aliphatic carbocycles. The van der Waals surface area contributed by atoms with Crippen molar-refractivity contribution in [1.82, 2.24) is 9.80 Å². The minimum atomic E-state index is 0.358. The molecule has 96 valence electrons. The molecule has 5 fully saturated rings. The van der Waals surface area contributed by atoms with Crippen molar-refractivity contribution in [3.8, 4) is 0 Å². The third kappa shape index (κ3) is 1.28. The quantitative estimate of drug-likeness (QED) is 0.739. The van der Waals surface area contributed by atoms with Crippen LogP contribution >= 0.6 is 0 Å². The fourth-order valence-corrected chi connectivity index (χ4v) is 5.65. The predicted molar refractivity (Wildman–Crippen MR) is 68.5 cm³/mol. The van der Waals surface area contributed by atoms with Crippen LogP contribution < -0.4 is 5.73 Å². The lowest BCUT2D eigenvalue weighted by Gasteiger charge is -2.68. The van der Waals surface area contributed by atoms with E-state index in [1.54, 1.807) is 0 Å². The summed E-state index contributed by atoms with van der Waals surface area (Å²) in [5, 5.41) is 0. The third-order valence-electron chi connectivity index (χ3n) is 6.14. The molecule has 0 radical (unpaired) electrons. The zero-order valence-electron chi connectivity index (χ0n) is 11.0. The van der Waals surface area contributed by atoms with Gasteiger partial charge in [0, 0.05) is 43.1 Å². The number of nitrogens with zero attached hydrogens (tertiary/aromatic N) is 2. The molecule has 3 nitrogen and oxygen atoms in total. The molecule has 4 aliphatic heterocycles. The van der Waals surface area contributed by atoms with Gasteiger partial charge in [0.05, 0.1) is 6.67 Å². The van der Waals surface area contributed by atoms with Gasteiger partial charge < -0.3 is 5.73 Å². The molecule has 4 bridgehead atoms. The normalized spacial score (nSPS) is 57.9. The smallest absolute Gasteiger partial charge is 0.0507 e. The molecule has 4 heterocycles. The Hall–Kier alpha value is -0.120. The lowest BCUT2D eigenvalue weighted by Crippen LogP contribution is -2.80. The molecule has 17 heavy (non-hydrogen) atoms. The Morgan fingerprint density at radius 2 is 1.59 bits per heavy atom. The third-order valence-corrected chi connectivity index (χ3v) is 6.14. The van der Waals surface area contributed by atoms with E-state index in [2.05, 4.69) is 16.7 Å². The van der Waals surface area contributed by atoms with E-state index in [0.29, 0.717) is 16.9 Å². The molecule has 0 aromatic heterocycles. The fraction of sp³-hybridized carbons (Fsp3) is 1.00. The van der Waals surface area contributed by atoms with Gasteiger partial charge in [0.2, 0.25) is 0 Å². The largest absolute Gasteiger partial charge is 0.327 e. The molecule has 0 spiro atoms.